The van der Waals surface area contributed by atoms with Crippen LogP contribution in [-0.4, -0.2) is 27.2 Å². The van der Waals surface area contributed by atoms with E-state index in [-0.39, 0.29) is 21.5 Å². The number of ether oxygens (including phenoxy) is 1. The number of nitrogens with zero attached hydrogens (tertiary/aromatic N) is 1. The Labute approximate surface area is 98.8 Å². The first kappa shape index (κ1) is 13.4. The molecule has 0 saturated heterocycles. The zero-order valence-electron chi connectivity index (χ0n) is 9.38. The summed E-state index contributed by atoms with van der Waals surface area (Å²) < 4.78 is 40.1. The largest absolute Gasteiger partial charge is 0.465 e. The van der Waals surface area contributed by atoms with Crippen molar-refractivity contribution in [3.63, 3.8) is 0 Å². The molecule has 0 radical (unpaired) electrons. The van der Waals surface area contributed by atoms with Gasteiger partial charge in [0.2, 0.25) is 0 Å². The van der Waals surface area contributed by atoms with Crippen molar-refractivity contribution in [3.05, 3.63) is 29.8 Å². The van der Waals surface area contributed by atoms with Crippen LogP contribution in [0, 0.1) is 0 Å². The van der Waals surface area contributed by atoms with Crippen LogP contribution in [0.2, 0.25) is 0 Å². The summed E-state index contributed by atoms with van der Waals surface area (Å²) in [6.45, 7) is 1.34. The molecule has 0 aliphatic carbocycles. The highest BCUT2D eigenvalue weighted by molar-refractivity contribution is 7.92. The van der Waals surface area contributed by atoms with Gasteiger partial charge in [0, 0.05) is 0 Å². The molecule has 0 saturated carbocycles. The molecule has 0 heterocycles. The summed E-state index contributed by atoms with van der Waals surface area (Å²) in [5.74, 6) is -0.914. The summed E-state index contributed by atoms with van der Waals surface area (Å²) in [7, 11) is -2.72. The van der Waals surface area contributed by atoms with Crippen LogP contribution in [-0.2, 0) is 14.8 Å². The van der Waals surface area contributed by atoms with Gasteiger partial charge >= 0.3 is 5.97 Å². The molecule has 94 valence electrons. The van der Waals surface area contributed by atoms with Gasteiger partial charge in [-0.15, -0.1) is 4.53 Å². The van der Waals surface area contributed by atoms with Crippen LogP contribution >= 0.6 is 0 Å². The molecule has 5 nitrogen and oxygen atoms in total. The monoisotopic (exact) mass is 261 g/mol. The van der Waals surface area contributed by atoms with Crippen LogP contribution in [0.25, 0.3) is 0 Å². The van der Waals surface area contributed by atoms with Gasteiger partial charge in [-0.3, -0.25) is 0 Å². The molecule has 1 aromatic carbocycles. The lowest BCUT2D eigenvalue weighted by atomic mass is 10.2. The Bertz CT molecular complexity index is 498. The van der Waals surface area contributed by atoms with Crippen LogP contribution in [0.3, 0.4) is 0 Å². The maximum absolute atomic E-state index is 13.5. The zero-order valence-corrected chi connectivity index (χ0v) is 10.2. The van der Waals surface area contributed by atoms with Gasteiger partial charge in [-0.2, -0.15) is 0 Å². The number of rotatable bonds is 4. The fourth-order valence-electron chi connectivity index (χ4n) is 1.11. The van der Waals surface area contributed by atoms with Crippen molar-refractivity contribution in [1.82, 2.24) is 0 Å². The molecule has 0 spiro atoms. The minimum Gasteiger partial charge on any atom is -0.465 e. The van der Waals surface area contributed by atoms with Crippen LogP contribution in [0.4, 0.5) is 10.2 Å². The van der Waals surface area contributed by atoms with Crippen LogP contribution < -0.4 is 4.53 Å². The van der Waals surface area contributed by atoms with Crippen molar-refractivity contribution in [2.75, 3.05) is 17.4 Å². The van der Waals surface area contributed by atoms with Crippen molar-refractivity contribution in [2.24, 2.45) is 0 Å². The molecular weight excluding hydrogens is 249 g/mol. The summed E-state index contributed by atoms with van der Waals surface area (Å²) in [5, 5.41) is 0. The molecule has 0 aliphatic rings. The average molecular weight is 261 g/mol. The predicted molar refractivity (Wildman–Crippen MR) is 60.8 cm³/mol. The number of halogens is 1. The number of hydrogen-bond acceptors (Lipinski definition) is 4. The highest BCUT2D eigenvalue weighted by atomic mass is 32.2. The second-order valence-corrected chi connectivity index (χ2v) is 5.22. The first-order valence-corrected chi connectivity index (χ1v) is 6.40. The number of benzene rings is 1. The van der Waals surface area contributed by atoms with Crippen LogP contribution in [0.1, 0.15) is 17.3 Å². The van der Waals surface area contributed by atoms with E-state index in [1.807, 2.05) is 0 Å². The highest BCUT2D eigenvalue weighted by Gasteiger charge is 2.20. The normalized spacial score (nSPS) is 11.0. The fourth-order valence-corrected chi connectivity index (χ4v) is 1.78. The molecule has 0 aromatic heterocycles. The lowest BCUT2D eigenvalue weighted by Crippen LogP contribution is -2.24. The first-order chi connectivity index (χ1) is 7.92. The second kappa shape index (κ2) is 5.13. The third-order valence-electron chi connectivity index (χ3n) is 2.10. The number of anilines is 1. The van der Waals surface area contributed by atoms with Crippen molar-refractivity contribution in [2.45, 2.75) is 6.92 Å². The molecule has 17 heavy (non-hydrogen) atoms. The maximum atomic E-state index is 13.5. The molecular formula is C10H12FNO4S. The summed E-state index contributed by atoms with van der Waals surface area (Å²) >= 11 is 0. The second-order valence-electron chi connectivity index (χ2n) is 3.15. The standard InChI is InChI=1S/C10H12FNO4S/c1-3-17(14,15)12(11)9-6-4-8(5-7-9)10(13)16-2/h4-7H,3H2,1-2H3. The maximum Gasteiger partial charge on any atom is 0.337 e. The minimum atomic E-state index is -3.94. The van der Waals surface area contributed by atoms with Gasteiger partial charge in [0.25, 0.3) is 10.0 Å². The van der Waals surface area contributed by atoms with E-state index >= 15 is 0 Å². The molecule has 0 N–H and O–H groups in total. The number of methoxy groups -OCH3 is 1. The van der Waals surface area contributed by atoms with Gasteiger partial charge in [-0.25, -0.2) is 13.2 Å². The van der Waals surface area contributed by atoms with Crippen LogP contribution in [0.15, 0.2) is 24.3 Å². The van der Waals surface area contributed by atoms with E-state index in [1.165, 1.54) is 38.3 Å². The minimum absolute atomic E-state index is 0.153. The van der Waals surface area contributed by atoms with Crippen molar-refractivity contribution in [3.8, 4) is 0 Å². The Kier molecular flexibility index (Phi) is 4.06. The van der Waals surface area contributed by atoms with Gasteiger partial charge in [-0.1, -0.05) is 4.48 Å². The SMILES string of the molecule is CCS(=O)(=O)N(F)c1ccc(C(=O)OC)cc1. The van der Waals surface area contributed by atoms with Crippen molar-refractivity contribution >= 4 is 21.7 Å². The summed E-state index contributed by atoms with van der Waals surface area (Å²) in [5.41, 5.74) is 0.0676. The molecule has 0 fully saturated rings. The third kappa shape index (κ3) is 2.94. The number of carbonyl (C=O) groups is 1. The van der Waals surface area contributed by atoms with E-state index in [9.17, 15) is 17.7 Å². The number of carbonyl (C=O) groups excluding carboxylic acids is 1. The summed E-state index contributed by atoms with van der Waals surface area (Å²) in [4.78, 5) is 11.1. The molecule has 1 aromatic rings. The Hall–Kier alpha value is -1.63. The van der Waals surface area contributed by atoms with E-state index in [2.05, 4.69) is 4.74 Å². The van der Waals surface area contributed by atoms with E-state index in [0.29, 0.717) is 0 Å². The van der Waals surface area contributed by atoms with E-state index in [4.69, 9.17) is 0 Å². The Morgan fingerprint density at radius 3 is 2.29 bits per heavy atom. The van der Waals surface area contributed by atoms with Crippen molar-refractivity contribution < 1.29 is 22.4 Å². The summed E-state index contributed by atoms with van der Waals surface area (Å²) in [6.07, 6.45) is 0. The lowest BCUT2D eigenvalue weighted by molar-refractivity contribution is 0.0600. The highest BCUT2D eigenvalue weighted by Crippen LogP contribution is 2.19. The molecule has 0 aliphatic heterocycles. The van der Waals surface area contributed by atoms with Gasteiger partial charge in [0.05, 0.1) is 24.1 Å². The average Bonchev–Trinajstić information content (AvgIpc) is 2.37. The predicted octanol–water partition coefficient (Wildman–Crippen LogP) is 1.51. The quantitative estimate of drug-likeness (QED) is 0.609. The summed E-state index contributed by atoms with van der Waals surface area (Å²) in [6, 6.07) is 4.97. The molecule has 7 heteroatoms. The van der Waals surface area contributed by atoms with E-state index in [1.54, 1.807) is 0 Å². The fraction of sp³-hybridized carbons (Fsp3) is 0.300. The van der Waals surface area contributed by atoms with Gasteiger partial charge in [-0.05, 0) is 31.2 Å². The molecule has 0 unspecified atom stereocenters. The number of sulfonamides is 1. The Balaban J connectivity index is 3.00. The Morgan fingerprint density at radius 2 is 1.88 bits per heavy atom. The van der Waals surface area contributed by atoms with Gasteiger partial charge < -0.3 is 4.74 Å². The van der Waals surface area contributed by atoms with E-state index < -0.39 is 16.0 Å². The molecule has 0 bridgehead atoms. The Morgan fingerprint density at radius 1 is 1.35 bits per heavy atom. The molecule has 1 rings (SSSR count). The lowest BCUT2D eigenvalue weighted by Gasteiger charge is -2.12. The first-order valence-electron chi connectivity index (χ1n) is 4.79. The number of hydrogen-bond donors (Lipinski definition) is 0. The van der Waals surface area contributed by atoms with Crippen molar-refractivity contribution in [1.29, 1.82) is 0 Å². The van der Waals surface area contributed by atoms with Crippen LogP contribution in [0.5, 0.6) is 0 Å². The smallest absolute Gasteiger partial charge is 0.337 e. The third-order valence-corrected chi connectivity index (χ3v) is 3.53. The molecule has 0 amide bonds. The molecule has 0 atom stereocenters. The van der Waals surface area contributed by atoms with E-state index in [0.717, 1.165) is 0 Å². The van der Waals surface area contributed by atoms with Gasteiger partial charge in [0.1, 0.15) is 0 Å². The van der Waals surface area contributed by atoms with Gasteiger partial charge in [0.15, 0.2) is 0 Å². The topological polar surface area (TPSA) is 63.7 Å². The number of esters is 1. The zero-order chi connectivity index (χ0) is 13.1.